The standard InChI is InChI=1S/C22H28N2O3.C2H4O2/c1-27-19-12-10-17(11-13-19)6-5-9-21(26)24-22(14-15-23-16-20(22)25)18-7-3-2-4-8-18;1-2(3)4/h2-4,7-8,10-13,20,23,25H,5-6,9,14-16H2,1H3,(H,24,26);1H3,(H,3,4)/t20-,22-;/m1./s1. The monoisotopic (exact) mass is 428 g/mol. The number of nitrogens with one attached hydrogen (secondary N) is 2. The minimum atomic E-state index is -0.833. The van der Waals surface area contributed by atoms with Crippen LogP contribution in [-0.4, -0.2) is 48.4 Å². The van der Waals surface area contributed by atoms with Crippen molar-refractivity contribution in [3.63, 3.8) is 0 Å². The minimum absolute atomic E-state index is 0.0201. The molecule has 0 aliphatic carbocycles. The summed E-state index contributed by atoms with van der Waals surface area (Å²) in [6.07, 6.45) is 2.04. The number of rotatable bonds is 7. The second-order valence-corrected chi connectivity index (χ2v) is 7.58. The first-order chi connectivity index (χ1) is 14.9. The van der Waals surface area contributed by atoms with Gasteiger partial charge in [-0.3, -0.25) is 9.59 Å². The van der Waals surface area contributed by atoms with Crippen molar-refractivity contribution in [3.8, 4) is 5.75 Å². The van der Waals surface area contributed by atoms with Crippen LogP contribution in [0.5, 0.6) is 5.75 Å². The lowest BCUT2D eigenvalue weighted by atomic mass is 9.79. The molecule has 1 aliphatic heterocycles. The number of hydrogen-bond donors (Lipinski definition) is 4. The van der Waals surface area contributed by atoms with E-state index in [0.717, 1.165) is 37.6 Å². The number of aliphatic hydroxyl groups excluding tert-OH is 1. The van der Waals surface area contributed by atoms with Crippen LogP contribution in [0.15, 0.2) is 54.6 Å². The normalized spacial score (nSPS) is 20.2. The summed E-state index contributed by atoms with van der Waals surface area (Å²) in [5, 5.41) is 24.5. The van der Waals surface area contributed by atoms with Crippen molar-refractivity contribution in [2.75, 3.05) is 20.2 Å². The summed E-state index contributed by atoms with van der Waals surface area (Å²) in [5.41, 5.74) is 1.43. The van der Waals surface area contributed by atoms with Crippen molar-refractivity contribution in [1.29, 1.82) is 0 Å². The predicted molar refractivity (Wildman–Crippen MR) is 119 cm³/mol. The zero-order valence-electron chi connectivity index (χ0n) is 18.1. The van der Waals surface area contributed by atoms with Gasteiger partial charge < -0.3 is 25.6 Å². The maximum Gasteiger partial charge on any atom is 0.300 e. The quantitative estimate of drug-likeness (QED) is 0.540. The molecule has 1 heterocycles. The van der Waals surface area contributed by atoms with Crippen LogP contribution in [0, 0.1) is 0 Å². The fraction of sp³-hybridized carbons (Fsp3) is 0.417. The second kappa shape index (κ2) is 12.1. The third kappa shape index (κ3) is 7.38. The van der Waals surface area contributed by atoms with E-state index in [0.29, 0.717) is 19.4 Å². The Kier molecular flexibility index (Phi) is 9.49. The Hall–Kier alpha value is -2.90. The third-order valence-corrected chi connectivity index (χ3v) is 5.28. The number of aryl methyl sites for hydroxylation is 1. The van der Waals surface area contributed by atoms with Gasteiger partial charge >= 0.3 is 0 Å². The van der Waals surface area contributed by atoms with Crippen LogP contribution in [0.4, 0.5) is 0 Å². The molecule has 2 aromatic carbocycles. The molecule has 7 heteroatoms. The highest BCUT2D eigenvalue weighted by Crippen LogP contribution is 2.31. The molecule has 7 nitrogen and oxygen atoms in total. The number of β-amino-alcohol motifs (C(OH)–C–C–N with tert-alkyl or cyclic N) is 1. The van der Waals surface area contributed by atoms with Gasteiger partial charge in [0.1, 0.15) is 5.75 Å². The maximum absolute atomic E-state index is 12.7. The maximum atomic E-state index is 12.7. The van der Waals surface area contributed by atoms with Crippen LogP contribution >= 0.6 is 0 Å². The molecule has 1 saturated heterocycles. The van der Waals surface area contributed by atoms with Crippen molar-refractivity contribution in [3.05, 3.63) is 65.7 Å². The fourth-order valence-electron chi connectivity index (χ4n) is 3.71. The zero-order valence-corrected chi connectivity index (χ0v) is 18.1. The molecular formula is C24H32N2O5. The molecule has 2 aromatic rings. The molecular weight excluding hydrogens is 396 g/mol. The summed E-state index contributed by atoms with van der Waals surface area (Å²) >= 11 is 0. The Bertz CT molecular complexity index is 822. The topological polar surface area (TPSA) is 108 Å². The second-order valence-electron chi connectivity index (χ2n) is 7.58. The molecule has 1 amide bonds. The number of carboxylic acids is 1. The number of benzene rings is 2. The summed E-state index contributed by atoms with van der Waals surface area (Å²) in [5.74, 6) is -0.0190. The number of carboxylic acid groups (broad SMARTS) is 1. The van der Waals surface area contributed by atoms with Crippen LogP contribution in [-0.2, 0) is 21.5 Å². The van der Waals surface area contributed by atoms with Crippen LogP contribution in [0.25, 0.3) is 0 Å². The Morgan fingerprint density at radius 1 is 1.16 bits per heavy atom. The summed E-state index contributed by atoms with van der Waals surface area (Å²) in [6, 6.07) is 17.7. The van der Waals surface area contributed by atoms with E-state index in [-0.39, 0.29) is 5.91 Å². The lowest BCUT2D eigenvalue weighted by Crippen LogP contribution is -2.61. The van der Waals surface area contributed by atoms with E-state index in [9.17, 15) is 9.90 Å². The molecule has 4 N–H and O–H groups in total. The number of aliphatic hydroxyl groups is 1. The van der Waals surface area contributed by atoms with E-state index in [2.05, 4.69) is 10.6 Å². The van der Waals surface area contributed by atoms with E-state index < -0.39 is 17.6 Å². The van der Waals surface area contributed by atoms with E-state index >= 15 is 0 Å². The van der Waals surface area contributed by atoms with Gasteiger partial charge in [-0.05, 0) is 49.1 Å². The number of hydrogen-bond acceptors (Lipinski definition) is 5. The van der Waals surface area contributed by atoms with Crippen molar-refractivity contribution in [1.82, 2.24) is 10.6 Å². The molecule has 0 saturated carbocycles. The van der Waals surface area contributed by atoms with Crippen molar-refractivity contribution in [2.24, 2.45) is 0 Å². The number of piperidine rings is 1. The number of methoxy groups -OCH3 is 1. The lowest BCUT2D eigenvalue weighted by molar-refractivity contribution is -0.134. The average Bonchev–Trinajstić information content (AvgIpc) is 2.76. The molecule has 0 bridgehead atoms. The zero-order chi connectivity index (χ0) is 22.7. The van der Waals surface area contributed by atoms with Gasteiger partial charge in [0.25, 0.3) is 5.97 Å². The molecule has 0 unspecified atom stereocenters. The van der Waals surface area contributed by atoms with Crippen LogP contribution in [0.1, 0.15) is 37.3 Å². The highest BCUT2D eigenvalue weighted by atomic mass is 16.5. The summed E-state index contributed by atoms with van der Waals surface area (Å²) in [6.45, 7) is 2.32. The van der Waals surface area contributed by atoms with Gasteiger partial charge in [-0.15, -0.1) is 0 Å². The molecule has 0 aromatic heterocycles. The Morgan fingerprint density at radius 3 is 2.39 bits per heavy atom. The van der Waals surface area contributed by atoms with Gasteiger partial charge in [0, 0.05) is 19.9 Å². The van der Waals surface area contributed by atoms with Gasteiger partial charge in [-0.2, -0.15) is 0 Å². The Balaban J connectivity index is 0.000000785. The Morgan fingerprint density at radius 2 is 1.81 bits per heavy atom. The first-order valence-corrected chi connectivity index (χ1v) is 10.4. The van der Waals surface area contributed by atoms with Gasteiger partial charge in [0.05, 0.1) is 18.8 Å². The van der Waals surface area contributed by atoms with Crippen LogP contribution < -0.4 is 15.4 Å². The summed E-state index contributed by atoms with van der Waals surface area (Å²) in [4.78, 5) is 21.7. The van der Waals surface area contributed by atoms with Crippen LogP contribution in [0.2, 0.25) is 0 Å². The molecule has 3 rings (SSSR count). The average molecular weight is 429 g/mol. The van der Waals surface area contributed by atoms with E-state index in [4.69, 9.17) is 14.6 Å². The van der Waals surface area contributed by atoms with Crippen molar-refractivity contribution in [2.45, 2.75) is 44.2 Å². The minimum Gasteiger partial charge on any atom is -0.497 e. The highest BCUT2D eigenvalue weighted by Gasteiger charge is 2.42. The number of ether oxygens (including phenoxy) is 1. The van der Waals surface area contributed by atoms with Gasteiger partial charge in [0.15, 0.2) is 0 Å². The smallest absolute Gasteiger partial charge is 0.300 e. The molecule has 0 spiro atoms. The summed E-state index contributed by atoms with van der Waals surface area (Å²) in [7, 11) is 1.65. The lowest BCUT2D eigenvalue weighted by Gasteiger charge is -2.43. The van der Waals surface area contributed by atoms with Gasteiger partial charge in [-0.1, -0.05) is 42.5 Å². The molecule has 2 atom stereocenters. The largest absolute Gasteiger partial charge is 0.497 e. The predicted octanol–water partition coefficient (Wildman–Crippen LogP) is 2.47. The number of carbonyl (C=O) groups excluding carboxylic acids is 1. The van der Waals surface area contributed by atoms with E-state index in [1.807, 2.05) is 54.6 Å². The van der Waals surface area contributed by atoms with Crippen molar-refractivity contribution < 1.29 is 24.5 Å². The van der Waals surface area contributed by atoms with Crippen molar-refractivity contribution >= 4 is 11.9 Å². The fourth-order valence-corrected chi connectivity index (χ4v) is 3.71. The van der Waals surface area contributed by atoms with Gasteiger partial charge in [0.2, 0.25) is 5.91 Å². The van der Waals surface area contributed by atoms with Gasteiger partial charge in [-0.25, -0.2) is 0 Å². The highest BCUT2D eigenvalue weighted by molar-refractivity contribution is 5.77. The first-order valence-electron chi connectivity index (χ1n) is 10.4. The number of carbonyl (C=O) groups is 2. The third-order valence-electron chi connectivity index (χ3n) is 5.28. The molecule has 168 valence electrons. The van der Waals surface area contributed by atoms with Crippen LogP contribution in [0.3, 0.4) is 0 Å². The van der Waals surface area contributed by atoms with E-state index in [1.165, 1.54) is 5.56 Å². The first kappa shape index (κ1) is 24.4. The van der Waals surface area contributed by atoms with E-state index in [1.54, 1.807) is 7.11 Å². The number of amides is 1. The summed E-state index contributed by atoms with van der Waals surface area (Å²) < 4.78 is 5.17. The molecule has 0 radical (unpaired) electrons. The SMILES string of the molecule is CC(=O)O.COc1ccc(CCCC(=O)N[C@@]2(c3ccccc3)CCNC[C@H]2O)cc1. The Labute approximate surface area is 183 Å². The molecule has 31 heavy (non-hydrogen) atoms. The molecule has 1 aliphatic rings. The molecule has 1 fully saturated rings. The number of aliphatic carboxylic acids is 1.